The average Bonchev–Trinajstić information content (AvgIpc) is 2.78. The summed E-state index contributed by atoms with van der Waals surface area (Å²) in [5, 5.41) is 11.9. The van der Waals surface area contributed by atoms with E-state index in [0.29, 0.717) is 11.4 Å². The summed E-state index contributed by atoms with van der Waals surface area (Å²) in [6, 6.07) is 25.3. The molecule has 29 heavy (non-hydrogen) atoms. The molecule has 5 nitrogen and oxygen atoms in total. The number of benzene rings is 2. The highest BCUT2D eigenvalue weighted by Crippen LogP contribution is 2.32. The van der Waals surface area contributed by atoms with E-state index in [2.05, 4.69) is 27.3 Å². The number of thioether (sulfide) groups is 1. The molecule has 0 amide bonds. The summed E-state index contributed by atoms with van der Waals surface area (Å²) in [6.45, 7) is 0. The Hall–Kier alpha value is -3.51. The molecule has 0 bridgehead atoms. The number of pyridine rings is 1. The van der Waals surface area contributed by atoms with Crippen molar-refractivity contribution in [2.45, 2.75) is 10.8 Å². The van der Waals surface area contributed by atoms with Gasteiger partial charge in [0.15, 0.2) is 0 Å². The minimum absolute atomic E-state index is 0.0819. The van der Waals surface area contributed by atoms with Crippen LogP contribution in [0.15, 0.2) is 94.9 Å². The minimum atomic E-state index is -0.0819. The zero-order valence-electron chi connectivity index (χ0n) is 15.4. The summed E-state index contributed by atoms with van der Waals surface area (Å²) in [5.41, 5.74) is 3.20. The van der Waals surface area contributed by atoms with Crippen LogP contribution in [0.3, 0.4) is 0 Å². The highest BCUT2D eigenvalue weighted by atomic mass is 32.2. The third kappa shape index (κ3) is 3.39. The molecule has 5 rings (SSSR count). The van der Waals surface area contributed by atoms with Crippen molar-refractivity contribution in [3.05, 3.63) is 101 Å². The lowest BCUT2D eigenvalue weighted by Crippen LogP contribution is -2.14. The van der Waals surface area contributed by atoms with Crippen LogP contribution in [0.25, 0.3) is 27.7 Å². The SMILES string of the molecule is O=c1cc(CSc2nnc(-c3ccccc3)c3ccccc23)nc2ccccn12. The van der Waals surface area contributed by atoms with Crippen LogP contribution in [0.1, 0.15) is 5.69 Å². The molecule has 2 aromatic carbocycles. The molecule has 0 radical (unpaired) electrons. The Kier molecular flexibility index (Phi) is 4.54. The van der Waals surface area contributed by atoms with E-state index in [1.54, 1.807) is 12.3 Å². The predicted molar refractivity (Wildman–Crippen MR) is 116 cm³/mol. The van der Waals surface area contributed by atoms with Gasteiger partial charge in [0.2, 0.25) is 0 Å². The molecule has 0 atom stereocenters. The number of aromatic nitrogens is 4. The summed E-state index contributed by atoms with van der Waals surface area (Å²) < 4.78 is 1.54. The van der Waals surface area contributed by atoms with Gasteiger partial charge < -0.3 is 0 Å². The molecule has 0 aliphatic heterocycles. The smallest absolute Gasteiger partial charge is 0.258 e. The number of hydrogen-bond acceptors (Lipinski definition) is 5. The molecule has 0 saturated carbocycles. The van der Waals surface area contributed by atoms with E-state index in [1.807, 2.05) is 60.7 Å². The second kappa shape index (κ2) is 7.48. The van der Waals surface area contributed by atoms with Crippen molar-refractivity contribution in [2.24, 2.45) is 0 Å². The van der Waals surface area contributed by atoms with Crippen LogP contribution in [-0.4, -0.2) is 19.6 Å². The summed E-state index contributed by atoms with van der Waals surface area (Å²) >= 11 is 1.54. The van der Waals surface area contributed by atoms with Gasteiger partial charge in [0, 0.05) is 34.4 Å². The van der Waals surface area contributed by atoms with Gasteiger partial charge in [0.05, 0.1) is 5.69 Å². The second-order valence-electron chi connectivity index (χ2n) is 6.57. The maximum absolute atomic E-state index is 12.3. The Labute approximate surface area is 171 Å². The van der Waals surface area contributed by atoms with Crippen molar-refractivity contribution >= 4 is 28.2 Å². The van der Waals surface area contributed by atoms with Gasteiger partial charge in [-0.3, -0.25) is 9.20 Å². The van der Waals surface area contributed by atoms with Crippen LogP contribution in [0.2, 0.25) is 0 Å². The maximum Gasteiger partial charge on any atom is 0.258 e. The van der Waals surface area contributed by atoms with Gasteiger partial charge in [-0.15, -0.1) is 10.2 Å². The third-order valence-corrected chi connectivity index (χ3v) is 5.70. The van der Waals surface area contributed by atoms with Crippen LogP contribution in [0, 0.1) is 0 Å². The van der Waals surface area contributed by atoms with Crippen LogP contribution in [0.4, 0.5) is 0 Å². The van der Waals surface area contributed by atoms with E-state index in [0.717, 1.165) is 32.7 Å². The van der Waals surface area contributed by atoms with E-state index in [1.165, 1.54) is 16.2 Å². The monoisotopic (exact) mass is 396 g/mol. The summed E-state index contributed by atoms with van der Waals surface area (Å²) in [4.78, 5) is 16.9. The zero-order valence-corrected chi connectivity index (χ0v) is 16.2. The lowest BCUT2D eigenvalue weighted by atomic mass is 10.1. The van der Waals surface area contributed by atoms with Crippen LogP contribution < -0.4 is 5.56 Å². The predicted octanol–water partition coefficient (Wildman–Crippen LogP) is 4.60. The van der Waals surface area contributed by atoms with Crippen molar-refractivity contribution in [2.75, 3.05) is 0 Å². The fourth-order valence-electron chi connectivity index (χ4n) is 3.31. The lowest BCUT2D eigenvalue weighted by molar-refractivity contribution is 0.958. The Morgan fingerprint density at radius 2 is 1.59 bits per heavy atom. The van der Waals surface area contributed by atoms with Crippen LogP contribution >= 0.6 is 11.8 Å². The fraction of sp³-hybridized carbons (Fsp3) is 0.0435. The Morgan fingerprint density at radius 3 is 2.45 bits per heavy atom. The highest BCUT2D eigenvalue weighted by Gasteiger charge is 2.12. The Bertz CT molecular complexity index is 1380. The largest absolute Gasteiger partial charge is 0.269 e. The number of hydrogen-bond donors (Lipinski definition) is 0. The summed E-state index contributed by atoms with van der Waals surface area (Å²) in [6.07, 6.45) is 1.73. The second-order valence-corrected chi connectivity index (χ2v) is 7.53. The van der Waals surface area contributed by atoms with Crippen molar-refractivity contribution < 1.29 is 0 Å². The van der Waals surface area contributed by atoms with E-state index in [-0.39, 0.29) is 5.56 Å². The Morgan fingerprint density at radius 1 is 0.828 bits per heavy atom. The molecular weight excluding hydrogens is 380 g/mol. The first-order valence-corrected chi connectivity index (χ1v) is 10.2. The molecule has 3 heterocycles. The number of fused-ring (bicyclic) bond motifs is 2. The first-order valence-electron chi connectivity index (χ1n) is 9.20. The lowest BCUT2D eigenvalue weighted by Gasteiger charge is -2.09. The van der Waals surface area contributed by atoms with E-state index < -0.39 is 0 Å². The zero-order chi connectivity index (χ0) is 19.6. The van der Waals surface area contributed by atoms with Gasteiger partial charge in [-0.1, -0.05) is 72.4 Å². The average molecular weight is 396 g/mol. The Balaban J connectivity index is 1.51. The molecule has 0 fully saturated rings. The molecular formula is C23H16N4OS. The molecule has 3 aromatic heterocycles. The van der Waals surface area contributed by atoms with Gasteiger partial charge in [-0.25, -0.2) is 4.98 Å². The van der Waals surface area contributed by atoms with Gasteiger partial charge >= 0.3 is 0 Å². The van der Waals surface area contributed by atoms with E-state index in [9.17, 15) is 4.79 Å². The van der Waals surface area contributed by atoms with Crippen molar-refractivity contribution in [1.82, 2.24) is 19.6 Å². The van der Waals surface area contributed by atoms with Crippen molar-refractivity contribution in [3.8, 4) is 11.3 Å². The summed E-state index contributed by atoms with van der Waals surface area (Å²) in [5.74, 6) is 0.546. The third-order valence-electron chi connectivity index (χ3n) is 4.68. The minimum Gasteiger partial charge on any atom is -0.269 e. The van der Waals surface area contributed by atoms with Crippen LogP contribution in [-0.2, 0) is 5.75 Å². The molecule has 0 aliphatic rings. The first kappa shape index (κ1) is 17.6. The number of rotatable bonds is 4. The van der Waals surface area contributed by atoms with Crippen molar-refractivity contribution in [1.29, 1.82) is 0 Å². The normalized spacial score (nSPS) is 11.2. The van der Waals surface area contributed by atoms with Gasteiger partial charge in [-0.05, 0) is 12.1 Å². The molecule has 0 aliphatic carbocycles. The van der Waals surface area contributed by atoms with Gasteiger partial charge in [0.25, 0.3) is 5.56 Å². The maximum atomic E-state index is 12.3. The van der Waals surface area contributed by atoms with Crippen molar-refractivity contribution in [3.63, 3.8) is 0 Å². The number of nitrogens with zero attached hydrogens (tertiary/aromatic N) is 4. The molecule has 140 valence electrons. The quantitative estimate of drug-likeness (QED) is 0.416. The van der Waals surface area contributed by atoms with Gasteiger partial charge in [-0.2, -0.15) is 0 Å². The van der Waals surface area contributed by atoms with Gasteiger partial charge in [0.1, 0.15) is 16.4 Å². The highest BCUT2D eigenvalue weighted by molar-refractivity contribution is 7.98. The molecule has 0 spiro atoms. The molecule has 0 unspecified atom stereocenters. The van der Waals surface area contributed by atoms with E-state index in [4.69, 9.17) is 0 Å². The van der Waals surface area contributed by atoms with E-state index >= 15 is 0 Å². The van der Waals surface area contributed by atoms with Crippen LogP contribution in [0.5, 0.6) is 0 Å². The molecule has 6 heteroatoms. The first-order chi connectivity index (χ1) is 14.3. The molecule has 5 aromatic rings. The molecule has 0 N–H and O–H groups in total. The topological polar surface area (TPSA) is 60.2 Å². The fourth-order valence-corrected chi connectivity index (χ4v) is 4.18. The standard InChI is InChI=1S/C23H16N4OS/c28-21-14-17(24-20-12-6-7-13-27(20)21)15-29-23-19-11-5-4-10-18(19)22(25-26-23)16-8-2-1-3-9-16/h1-14H,15H2. The molecule has 0 saturated heterocycles. The summed E-state index contributed by atoms with van der Waals surface area (Å²) in [7, 11) is 0.